The Morgan fingerprint density at radius 2 is 0.933 bits per heavy atom. The lowest BCUT2D eigenvalue weighted by molar-refractivity contribution is -0.899. The Hall–Kier alpha value is -4.16. The number of hydrogen-bond donors (Lipinski definition) is 6. The van der Waals surface area contributed by atoms with Gasteiger partial charge in [0, 0.05) is 24.2 Å². The quantitative estimate of drug-likeness (QED) is 0.0513. The number of benzene rings is 2. The van der Waals surface area contributed by atoms with Crippen LogP contribution in [0.2, 0.25) is 0 Å². The van der Waals surface area contributed by atoms with E-state index in [2.05, 4.69) is 87.6 Å². The van der Waals surface area contributed by atoms with E-state index in [1.54, 1.807) is 0 Å². The van der Waals surface area contributed by atoms with E-state index >= 15 is 0 Å². The number of carbonyl (C=O) groups is 4. The Bertz CT molecular complexity index is 1600. The predicted molar refractivity (Wildman–Crippen MR) is 243 cm³/mol. The fourth-order valence-corrected chi connectivity index (χ4v) is 8.84. The second kappa shape index (κ2) is 24.9. The second-order valence-corrected chi connectivity index (χ2v) is 19.1. The van der Waals surface area contributed by atoms with Crippen LogP contribution in [-0.2, 0) is 22.4 Å². The van der Waals surface area contributed by atoms with E-state index in [4.69, 9.17) is 0 Å². The Labute approximate surface area is 361 Å². The predicted octanol–water partition coefficient (Wildman–Crippen LogP) is 9.59. The second-order valence-electron chi connectivity index (χ2n) is 19.1. The first-order valence-corrected chi connectivity index (χ1v) is 22.9. The number of nitrogens with one attached hydrogen (secondary N) is 4. The average molecular weight is 837 g/mol. The molecule has 0 aromatic heterocycles. The minimum atomic E-state index is -0.878. The van der Waals surface area contributed by atoms with Gasteiger partial charge in [0.25, 0.3) is 0 Å². The van der Waals surface area contributed by atoms with Gasteiger partial charge >= 0.3 is 24.0 Å². The minimum absolute atomic E-state index is 0.0440. The smallest absolute Gasteiger partial charge is 0.319 e. The Balaban J connectivity index is 0.000000320. The van der Waals surface area contributed by atoms with Crippen molar-refractivity contribution in [2.45, 2.75) is 153 Å². The van der Waals surface area contributed by atoms with E-state index in [9.17, 15) is 29.4 Å². The number of aliphatic carboxylic acids is 2. The summed E-state index contributed by atoms with van der Waals surface area (Å²) in [6.45, 7) is 7.77. The maximum atomic E-state index is 12.6. The molecule has 2 aromatic carbocycles. The van der Waals surface area contributed by atoms with Crippen molar-refractivity contribution in [2.24, 2.45) is 0 Å². The minimum Gasteiger partial charge on any atom is -0.481 e. The molecule has 4 amide bonds. The molecule has 2 fully saturated rings. The highest BCUT2D eigenvalue weighted by atomic mass is 16.4. The third kappa shape index (κ3) is 19.5. The van der Waals surface area contributed by atoms with Gasteiger partial charge in [0.15, 0.2) is 0 Å². The lowest BCUT2D eigenvalue weighted by Crippen LogP contribution is -2.64. The van der Waals surface area contributed by atoms with Crippen LogP contribution in [0, 0.1) is 0 Å². The maximum absolute atomic E-state index is 12.6. The van der Waals surface area contributed by atoms with Crippen molar-refractivity contribution in [3.05, 3.63) is 59.7 Å². The number of urea groups is 2. The van der Waals surface area contributed by atoms with Crippen molar-refractivity contribution in [1.29, 1.82) is 0 Å². The summed E-state index contributed by atoms with van der Waals surface area (Å²) in [5, 5.41) is 30.5. The molecule has 2 aliphatic rings. The van der Waals surface area contributed by atoms with Gasteiger partial charge in [0.1, 0.15) is 12.1 Å². The molecule has 0 radical (unpaired) electrons. The van der Waals surface area contributed by atoms with Crippen LogP contribution in [0.3, 0.4) is 0 Å². The van der Waals surface area contributed by atoms with Gasteiger partial charge in [-0.05, 0) is 73.9 Å². The number of piperidine rings is 2. The summed E-state index contributed by atoms with van der Waals surface area (Å²) in [4.78, 5) is 48.1. The van der Waals surface area contributed by atoms with Crippen molar-refractivity contribution in [2.75, 3.05) is 65.0 Å². The standard InChI is InChI=1S/2C24H39N3O3/c1-4-5-6-7-8-9-11-20-12-14-21(15-13-20)25-23(30)26-24(18-22(28)29)16-10-17-27(2,3)19-24;1-4-5-6-7-8-9-10-20-11-13-21(14-12-20)25-23(30)26-24(19-22(28)29)15-17-27(2,3)18-16-24/h12-15H,4-11,16-19H2,1-3H3,(H2-,25,26,28,29,30);11-14H,4-10,15-19H2,1-3H3,(H2-,25,26,28,29,30)/p+2. The van der Waals surface area contributed by atoms with Gasteiger partial charge in [-0.15, -0.1) is 0 Å². The SMILES string of the molecule is CCCCCCCCc1ccc(NC(=O)NC2(CC(=O)O)CCC[N+](C)(C)C2)cc1.CCCCCCCCc1ccc(NC(=O)NC2(CC(=O)O)CC[N+](C)(C)CC2)cc1. The number of unbranched alkanes of at least 4 members (excludes halogenated alkanes) is 10. The van der Waals surface area contributed by atoms with E-state index in [0.717, 1.165) is 54.8 Å². The first-order chi connectivity index (χ1) is 28.5. The first kappa shape index (κ1) is 50.2. The maximum Gasteiger partial charge on any atom is 0.319 e. The van der Waals surface area contributed by atoms with Crippen LogP contribution in [0.5, 0.6) is 0 Å². The molecule has 2 aromatic rings. The molecule has 12 heteroatoms. The monoisotopic (exact) mass is 837 g/mol. The fourth-order valence-electron chi connectivity index (χ4n) is 8.84. The highest BCUT2D eigenvalue weighted by Crippen LogP contribution is 2.29. The van der Waals surface area contributed by atoms with E-state index in [-0.39, 0.29) is 24.9 Å². The van der Waals surface area contributed by atoms with Gasteiger partial charge in [-0.25, -0.2) is 9.59 Å². The third-order valence-electron chi connectivity index (χ3n) is 12.3. The Morgan fingerprint density at radius 3 is 1.35 bits per heavy atom. The lowest BCUT2D eigenvalue weighted by Gasteiger charge is -2.45. The first-order valence-electron chi connectivity index (χ1n) is 22.9. The number of amides is 4. The molecule has 4 rings (SSSR count). The highest BCUT2D eigenvalue weighted by Gasteiger charge is 2.44. The zero-order chi connectivity index (χ0) is 44.1. The summed E-state index contributed by atoms with van der Waals surface area (Å²) < 4.78 is 1.56. The number of quaternary nitrogens is 2. The zero-order valence-electron chi connectivity index (χ0n) is 38.0. The van der Waals surface area contributed by atoms with Crippen LogP contribution in [0.4, 0.5) is 21.0 Å². The highest BCUT2D eigenvalue weighted by molar-refractivity contribution is 5.91. The molecule has 1 unspecified atom stereocenters. The number of aryl methyl sites for hydroxylation is 2. The summed E-state index contributed by atoms with van der Waals surface area (Å²) in [6, 6.07) is 15.3. The van der Waals surface area contributed by atoms with Crippen LogP contribution in [-0.4, -0.2) is 109 Å². The number of carboxylic acids is 2. The number of likely N-dealkylation sites (tertiary alicyclic amines) is 2. The number of rotatable bonds is 22. The number of carboxylic acid groups (broad SMARTS) is 2. The van der Waals surface area contributed by atoms with Crippen molar-refractivity contribution in [3.63, 3.8) is 0 Å². The van der Waals surface area contributed by atoms with Crippen molar-refractivity contribution < 1.29 is 38.4 Å². The van der Waals surface area contributed by atoms with E-state index in [1.165, 1.54) is 88.2 Å². The molecule has 2 heterocycles. The Kier molecular flexibility index (Phi) is 20.9. The summed E-state index contributed by atoms with van der Waals surface area (Å²) in [7, 11) is 8.44. The summed E-state index contributed by atoms with van der Waals surface area (Å²) in [6.07, 6.45) is 20.3. The van der Waals surface area contributed by atoms with E-state index < -0.39 is 23.0 Å². The molecule has 0 saturated carbocycles. The van der Waals surface area contributed by atoms with Crippen molar-refractivity contribution >= 4 is 35.4 Å². The number of likely N-dealkylation sites (N-methyl/N-ethyl adjacent to an activating group) is 1. The van der Waals surface area contributed by atoms with Gasteiger partial charge in [-0.1, -0.05) is 102 Å². The molecule has 12 nitrogen and oxygen atoms in total. The normalized spacial score (nSPS) is 18.9. The van der Waals surface area contributed by atoms with Crippen LogP contribution in [0.1, 0.15) is 141 Å². The molecule has 336 valence electrons. The molecule has 0 spiro atoms. The molecule has 2 aliphatic heterocycles. The summed E-state index contributed by atoms with van der Waals surface area (Å²) in [5.74, 6) is -1.75. The molecule has 0 bridgehead atoms. The Morgan fingerprint density at radius 1 is 0.533 bits per heavy atom. The van der Waals surface area contributed by atoms with Gasteiger partial charge in [-0.3, -0.25) is 9.59 Å². The number of hydrogen-bond acceptors (Lipinski definition) is 4. The summed E-state index contributed by atoms with van der Waals surface area (Å²) >= 11 is 0. The largest absolute Gasteiger partial charge is 0.481 e. The van der Waals surface area contributed by atoms with Gasteiger partial charge in [0.2, 0.25) is 0 Å². The zero-order valence-corrected chi connectivity index (χ0v) is 38.0. The molecule has 2 saturated heterocycles. The number of anilines is 2. The topological polar surface area (TPSA) is 157 Å². The van der Waals surface area contributed by atoms with Crippen LogP contribution in [0.15, 0.2) is 48.5 Å². The number of carbonyl (C=O) groups excluding carboxylic acids is 2. The van der Waals surface area contributed by atoms with Gasteiger partial charge < -0.3 is 40.4 Å². The molecular formula is C48H80N6O6+2. The van der Waals surface area contributed by atoms with Crippen LogP contribution in [0.25, 0.3) is 0 Å². The molecule has 6 N–H and O–H groups in total. The molecular weight excluding hydrogens is 757 g/mol. The van der Waals surface area contributed by atoms with Crippen LogP contribution < -0.4 is 21.3 Å². The average Bonchev–Trinajstić information content (AvgIpc) is 3.16. The van der Waals surface area contributed by atoms with Crippen LogP contribution >= 0.6 is 0 Å². The summed E-state index contributed by atoms with van der Waals surface area (Å²) in [5.41, 5.74) is 2.64. The molecule has 0 aliphatic carbocycles. The molecule has 1 atom stereocenters. The molecule has 60 heavy (non-hydrogen) atoms. The third-order valence-corrected chi connectivity index (χ3v) is 12.3. The van der Waals surface area contributed by atoms with E-state index in [0.29, 0.717) is 30.3 Å². The number of nitrogens with zero attached hydrogens (tertiary/aromatic N) is 2. The lowest BCUT2D eigenvalue weighted by atomic mass is 9.83. The van der Waals surface area contributed by atoms with E-state index in [1.807, 2.05) is 24.3 Å². The van der Waals surface area contributed by atoms with Gasteiger partial charge in [0.05, 0.1) is 66.2 Å². The van der Waals surface area contributed by atoms with Gasteiger partial charge in [-0.2, -0.15) is 0 Å². The van der Waals surface area contributed by atoms with Crippen molar-refractivity contribution in [1.82, 2.24) is 10.6 Å². The fraction of sp³-hybridized carbons (Fsp3) is 0.667. The van der Waals surface area contributed by atoms with Crippen molar-refractivity contribution in [3.8, 4) is 0 Å².